The zero-order chi connectivity index (χ0) is 24.8. The lowest BCUT2D eigenvalue weighted by molar-refractivity contribution is -0.358. The minimum Gasteiger partial charge on any atom is -0.456 e. The van der Waals surface area contributed by atoms with E-state index >= 15 is 0 Å². The predicted molar refractivity (Wildman–Crippen MR) is 97.7 cm³/mol. The minimum atomic E-state index is -6.42. The van der Waals surface area contributed by atoms with Crippen LogP contribution in [0.1, 0.15) is 60.8 Å². The third kappa shape index (κ3) is 5.18. The van der Waals surface area contributed by atoms with E-state index in [0.29, 0.717) is 12.8 Å². The van der Waals surface area contributed by atoms with Crippen LogP contribution in [0.3, 0.4) is 0 Å². The first-order valence-corrected chi connectivity index (χ1v) is 9.49. The van der Waals surface area contributed by atoms with Gasteiger partial charge in [-0.25, -0.2) is 9.59 Å². The first kappa shape index (κ1) is 27.3. The normalized spacial score (nSPS) is 24.0. The van der Waals surface area contributed by atoms with Crippen LogP contribution in [0.25, 0.3) is 0 Å². The van der Waals surface area contributed by atoms with Gasteiger partial charge in [-0.05, 0) is 52.9 Å². The fourth-order valence-corrected chi connectivity index (χ4v) is 3.71. The van der Waals surface area contributed by atoms with Crippen LogP contribution in [-0.4, -0.2) is 46.2 Å². The highest BCUT2D eigenvalue weighted by Gasteiger charge is 2.77. The molecule has 1 aliphatic carbocycles. The lowest BCUT2D eigenvalue weighted by Gasteiger charge is -2.49. The Kier molecular flexibility index (Phi) is 7.01. The predicted octanol–water partition coefficient (Wildman–Crippen LogP) is 4.87. The SMILES string of the molecule is C=C1CC(C)CC(C)(C(C)(C)OC(=O)C(C)(C)OC(=O)C(O)(C(F)(F)F)C(F)(F)F)C1. The van der Waals surface area contributed by atoms with Crippen molar-refractivity contribution in [2.75, 3.05) is 0 Å². The van der Waals surface area contributed by atoms with Gasteiger partial charge >= 0.3 is 29.9 Å². The number of esters is 2. The van der Waals surface area contributed by atoms with Crippen LogP contribution >= 0.6 is 0 Å². The second kappa shape index (κ2) is 7.97. The summed E-state index contributed by atoms with van der Waals surface area (Å²) < 4.78 is 86.8. The molecule has 180 valence electrons. The molecule has 1 rings (SSSR count). The fraction of sp³-hybridized carbons (Fsp3) is 0.800. The molecule has 2 atom stereocenters. The summed E-state index contributed by atoms with van der Waals surface area (Å²) in [6.07, 6.45) is -11.0. The molecule has 0 aromatic heterocycles. The van der Waals surface area contributed by atoms with E-state index in [1.807, 2.05) is 13.8 Å². The Hall–Kier alpha value is -1.78. The van der Waals surface area contributed by atoms with Gasteiger partial charge in [-0.1, -0.05) is 26.0 Å². The van der Waals surface area contributed by atoms with Crippen LogP contribution in [0.2, 0.25) is 0 Å². The zero-order valence-corrected chi connectivity index (χ0v) is 18.3. The molecule has 0 spiro atoms. The van der Waals surface area contributed by atoms with Crippen molar-refractivity contribution in [1.29, 1.82) is 0 Å². The van der Waals surface area contributed by atoms with Crippen molar-refractivity contribution in [2.24, 2.45) is 11.3 Å². The summed E-state index contributed by atoms with van der Waals surface area (Å²) in [5.41, 5.74) is -9.29. The van der Waals surface area contributed by atoms with Crippen molar-refractivity contribution < 1.29 is 50.5 Å². The molecule has 0 aromatic carbocycles. The van der Waals surface area contributed by atoms with Crippen molar-refractivity contribution >= 4 is 11.9 Å². The molecular formula is C20H28F6O5. The van der Waals surface area contributed by atoms with Crippen LogP contribution in [-0.2, 0) is 19.1 Å². The van der Waals surface area contributed by atoms with Gasteiger partial charge in [-0.3, -0.25) is 0 Å². The Morgan fingerprint density at radius 2 is 1.45 bits per heavy atom. The highest BCUT2D eigenvalue weighted by molar-refractivity contribution is 5.87. The number of hydrogen-bond donors (Lipinski definition) is 1. The van der Waals surface area contributed by atoms with E-state index in [1.165, 1.54) is 0 Å². The summed E-state index contributed by atoms with van der Waals surface area (Å²) in [4.78, 5) is 24.4. The Bertz CT molecular complexity index is 723. The molecule has 0 aromatic rings. The molecule has 5 nitrogen and oxygen atoms in total. The molecule has 0 heterocycles. The van der Waals surface area contributed by atoms with Crippen LogP contribution in [0.15, 0.2) is 12.2 Å². The van der Waals surface area contributed by atoms with Gasteiger partial charge in [-0.15, -0.1) is 0 Å². The highest BCUT2D eigenvalue weighted by atomic mass is 19.4. The van der Waals surface area contributed by atoms with Gasteiger partial charge in [0, 0.05) is 5.41 Å². The van der Waals surface area contributed by atoms with Crippen molar-refractivity contribution in [3.8, 4) is 0 Å². The van der Waals surface area contributed by atoms with E-state index < -0.39 is 46.5 Å². The summed E-state index contributed by atoms with van der Waals surface area (Å²) in [7, 11) is 0. The van der Waals surface area contributed by atoms with Crippen LogP contribution in [0.5, 0.6) is 0 Å². The van der Waals surface area contributed by atoms with Crippen LogP contribution < -0.4 is 0 Å². The number of halogens is 6. The maximum Gasteiger partial charge on any atom is 0.437 e. The quantitative estimate of drug-likeness (QED) is 0.359. The standard InChI is InChI=1S/C20H28F6O5/c1-11-8-12(2)10-17(7,9-11)16(5,6)31-13(27)15(3,4)30-14(28)18(29,19(21,22)23)20(24,25)26/h12,29H,1,8-10H2,2-7H3. The summed E-state index contributed by atoms with van der Waals surface area (Å²) in [6, 6.07) is 0. The van der Waals surface area contributed by atoms with Crippen LogP contribution in [0.4, 0.5) is 26.3 Å². The van der Waals surface area contributed by atoms with Gasteiger partial charge in [0.15, 0.2) is 0 Å². The number of carbonyl (C=O) groups is 2. The van der Waals surface area contributed by atoms with Crippen molar-refractivity contribution in [2.45, 2.75) is 90.0 Å². The Balaban J connectivity index is 3.12. The molecular weight excluding hydrogens is 434 g/mol. The first-order valence-electron chi connectivity index (χ1n) is 9.49. The molecule has 1 N–H and O–H groups in total. The number of alkyl halides is 6. The van der Waals surface area contributed by atoms with E-state index in [4.69, 9.17) is 9.84 Å². The third-order valence-electron chi connectivity index (χ3n) is 5.83. The van der Waals surface area contributed by atoms with E-state index in [2.05, 4.69) is 11.3 Å². The molecule has 0 aliphatic heterocycles. The largest absolute Gasteiger partial charge is 0.456 e. The number of ether oxygens (including phenoxy) is 2. The highest BCUT2D eigenvalue weighted by Crippen LogP contribution is 2.50. The Labute approximate surface area is 176 Å². The number of aliphatic hydroxyl groups is 1. The molecule has 0 amide bonds. The number of carbonyl (C=O) groups excluding carboxylic acids is 2. The first-order chi connectivity index (χ1) is 13.5. The number of hydrogen-bond acceptors (Lipinski definition) is 5. The van der Waals surface area contributed by atoms with E-state index in [0.717, 1.165) is 25.8 Å². The van der Waals surface area contributed by atoms with E-state index in [9.17, 15) is 35.9 Å². The van der Waals surface area contributed by atoms with E-state index in [1.54, 1.807) is 13.8 Å². The monoisotopic (exact) mass is 462 g/mol. The molecule has 0 radical (unpaired) electrons. The lowest BCUT2D eigenvalue weighted by Crippen LogP contribution is -2.64. The molecule has 1 aliphatic rings. The summed E-state index contributed by atoms with van der Waals surface area (Å²) >= 11 is 0. The smallest absolute Gasteiger partial charge is 0.437 e. The van der Waals surface area contributed by atoms with Gasteiger partial charge in [0.2, 0.25) is 5.60 Å². The maximum atomic E-state index is 12.9. The molecule has 1 saturated carbocycles. The van der Waals surface area contributed by atoms with E-state index in [-0.39, 0.29) is 5.92 Å². The molecule has 1 fully saturated rings. The molecule has 0 bridgehead atoms. The maximum absolute atomic E-state index is 12.9. The van der Waals surface area contributed by atoms with Gasteiger partial charge in [0.1, 0.15) is 5.60 Å². The Morgan fingerprint density at radius 1 is 1.00 bits per heavy atom. The van der Waals surface area contributed by atoms with Crippen molar-refractivity contribution in [3.05, 3.63) is 12.2 Å². The average Bonchev–Trinajstić information content (AvgIpc) is 2.49. The van der Waals surface area contributed by atoms with Gasteiger partial charge in [-0.2, -0.15) is 26.3 Å². The summed E-state index contributed by atoms with van der Waals surface area (Å²) in [5, 5.41) is 9.15. The molecule has 2 unspecified atom stereocenters. The number of allylic oxidation sites excluding steroid dienone is 1. The van der Waals surface area contributed by atoms with Gasteiger partial charge in [0.25, 0.3) is 0 Å². The second-order valence-corrected chi connectivity index (χ2v) is 9.51. The topological polar surface area (TPSA) is 72.8 Å². The van der Waals surface area contributed by atoms with Gasteiger partial charge < -0.3 is 14.6 Å². The van der Waals surface area contributed by atoms with Crippen molar-refractivity contribution in [3.63, 3.8) is 0 Å². The Morgan fingerprint density at radius 3 is 1.84 bits per heavy atom. The van der Waals surface area contributed by atoms with Crippen molar-refractivity contribution in [1.82, 2.24) is 0 Å². The summed E-state index contributed by atoms with van der Waals surface area (Å²) in [6.45, 7) is 12.4. The average molecular weight is 462 g/mol. The van der Waals surface area contributed by atoms with Crippen LogP contribution in [0, 0.1) is 11.3 Å². The fourth-order valence-electron chi connectivity index (χ4n) is 3.71. The van der Waals surface area contributed by atoms with Gasteiger partial charge in [0.05, 0.1) is 0 Å². The number of rotatable bonds is 5. The molecule has 0 saturated heterocycles. The lowest BCUT2D eigenvalue weighted by atomic mass is 9.62. The zero-order valence-electron chi connectivity index (χ0n) is 18.3. The third-order valence-corrected chi connectivity index (χ3v) is 5.83. The summed E-state index contributed by atoms with van der Waals surface area (Å²) in [5.74, 6) is -4.22. The molecule has 31 heavy (non-hydrogen) atoms. The minimum absolute atomic E-state index is 0.212. The molecule has 11 heteroatoms. The second-order valence-electron chi connectivity index (χ2n) is 9.51.